The van der Waals surface area contributed by atoms with E-state index in [0.717, 1.165) is 6.07 Å². The molecule has 31 heavy (non-hydrogen) atoms. The molecule has 168 valence electrons. The summed E-state index contributed by atoms with van der Waals surface area (Å²) in [6.07, 6.45) is -0.411. The minimum absolute atomic E-state index is 0.0374. The molecule has 0 bridgehead atoms. The first-order valence-corrected chi connectivity index (χ1v) is 10.8. The quantitative estimate of drug-likeness (QED) is 0.354. The molecule has 2 aromatic carbocycles. The van der Waals surface area contributed by atoms with E-state index in [9.17, 15) is 22.7 Å². The minimum atomic E-state index is -4.23. The van der Waals surface area contributed by atoms with Gasteiger partial charge in [0.1, 0.15) is 23.7 Å². The summed E-state index contributed by atoms with van der Waals surface area (Å²) in [6.45, 7) is 0.828. The third-order valence-electron chi connectivity index (χ3n) is 4.67. The van der Waals surface area contributed by atoms with Crippen LogP contribution in [0.25, 0.3) is 0 Å². The van der Waals surface area contributed by atoms with Gasteiger partial charge in [0.25, 0.3) is 5.91 Å². The fourth-order valence-electron chi connectivity index (χ4n) is 3.14. The average molecular weight is 475 g/mol. The highest BCUT2D eigenvalue weighted by Gasteiger charge is 2.53. The monoisotopic (exact) mass is 474 g/mol. The normalized spacial score (nSPS) is 23.5. The molecule has 0 saturated carbocycles. The minimum Gasteiger partial charge on any atom is -0.489 e. The molecule has 0 aromatic heterocycles. The molecule has 3 rings (SSSR count). The number of aliphatic hydroxyl groups is 1. The van der Waals surface area contributed by atoms with Gasteiger partial charge in [-0.25, -0.2) is 18.3 Å². The maximum absolute atomic E-state index is 13.1. The van der Waals surface area contributed by atoms with E-state index in [2.05, 4.69) is 4.72 Å². The Morgan fingerprint density at radius 3 is 2.52 bits per heavy atom. The topological polar surface area (TPSA) is 134 Å². The van der Waals surface area contributed by atoms with Crippen molar-refractivity contribution in [2.75, 3.05) is 6.61 Å². The first-order chi connectivity index (χ1) is 14.5. The highest BCUT2D eigenvalue weighted by Crippen LogP contribution is 2.33. The van der Waals surface area contributed by atoms with Crippen LogP contribution in [0.1, 0.15) is 18.9 Å². The molecule has 1 saturated heterocycles. The molecule has 12 heteroatoms. The van der Waals surface area contributed by atoms with Crippen LogP contribution in [-0.2, 0) is 26.2 Å². The van der Waals surface area contributed by atoms with Gasteiger partial charge in [0.2, 0.25) is 10.0 Å². The van der Waals surface area contributed by atoms with Gasteiger partial charge in [0.15, 0.2) is 5.79 Å². The van der Waals surface area contributed by atoms with E-state index in [1.165, 1.54) is 48.8 Å². The van der Waals surface area contributed by atoms with Crippen LogP contribution < -0.4 is 14.9 Å². The van der Waals surface area contributed by atoms with Crippen LogP contribution in [0.3, 0.4) is 0 Å². The summed E-state index contributed by atoms with van der Waals surface area (Å²) in [6, 6.07) is 9.17. The van der Waals surface area contributed by atoms with Crippen molar-refractivity contribution in [2.45, 2.75) is 36.2 Å². The maximum atomic E-state index is 13.1. The van der Waals surface area contributed by atoms with Gasteiger partial charge in [-0.05, 0) is 43.3 Å². The number of sulfonamides is 1. The zero-order valence-corrected chi connectivity index (χ0v) is 17.8. The second kappa shape index (κ2) is 8.69. The number of carbonyl (C=O) groups is 1. The number of hydrogen-bond acceptors (Lipinski definition) is 7. The Balaban J connectivity index is 1.74. The largest absolute Gasteiger partial charge is 0.489 e. The fraction of sp³-hybridized carbons (Fsp3) is 0.316. The lowest BCUT2D eigenvalue weighted by molar-refractivity contribution is -0.155. The number of halogens is 2. The summed E-state index contributed by atoms with van der Waals surface area (Å²) in [5, 5.41) is 19.2. The van der Waals surface area contributed by atoms with Crippen molar-refractivity contribution in [1.82, 2.24) is 10.2 Å². The lowest BCUT2D eigenvalue weighted by atomic mass is 9.95. The fourth-order valence-corrected chi connectivity index (χ4v) is 4.71. The van der Waals surface area contributed by atoms with Crippen molar-refractivity contribution in [3.63, 3.8) is 0 Å². The smallest absolute Gasteiger partial charge is 0.267 e. The number of ether oxygens (including phenoxy) is 2. The van der Waals surface area contributed by atoms with Crippen LogP contribution in [0.15, 0.2) is 47.4 Å². The van der Waals surface area contributed by atoms with Gasteiger partial charge in [-0.1, -0.05) is 17.7 Å². The lowest BCUT2D eigenvalue weighted by Gasteiger charge is -2.26. The first-order valence-electron chi connectivity index (χ1n) is 8.98. The Morgan fingerprint density at radius 2 is 1.97 bits per heavy atom. The molecular formula is C19H20ClFN2O7S. The summed E-state index contributed by atoms with van der Waals surface area (Å²) in [4.78, 5) is 11.9. The van der Waals surface area contributed by atoms with Crippen molar-refractivity contribution in [3.8, 4) is 5.75 Å². The Bertz CT molecular complexity index is 1080. The predicted octanol–water partition coefficient (Wildman–Crippen LogP) is 1.71. The van der Waals surface area contributed by atoms with Gasteiger partial charge in [-0.15, -0.1) is 0 Å². The van der Waals surface area contributed by atoms with E-state index in [1.807, 2.05) is 0 Å². The van der Waals surface area contributed by atoms with Crippen LogP contribution in [0.5, 0.6) is 5.75 Å². The molecule has 1 aliphatic rings. The molecule has 1 fully saturated rings. The molecule has 2 unspecified atom stereocenters. The molecule has 0 radical (unpaired) electrons. The van der Waals surface area contributed by atoms with E-state index in [4.69, 9.17) is 26.3 Å². The Morgan fingerprint density at radius 1 is 1.29 bits per heavy atom. The van der Waals surface area contributed by atoms with Crippen molar-refractivity contribution in [1.29, 1.82) is 0 Å². The third-order valence-corrected chi connectivity index (χ3v) is 6.57. The van der Waals surface area contributed by atoms with Crippen LogP contribution in [0.2, 0.25) is 5.02 Å². The number of hydroxylamine groups is 1. The van der Waals surface area contributed by atoms with Gasteiger partial charge in [0, 0.05) is 12.0 Å². The second-order valence-electron chi connectivity index (χ2n) is 7.26. The summed E-state index contributed by atoms with van der Waals surface area (Å²) in [5.41, 5.74) is 0.0483. The molecule has 9 nitrogen and oxygen atoms in total. The van der Waals surface area contributed by atoms with Crippen LogP contribution in [-0.4, -0.2) is 42.6 Å². The van der Waals surface area contributed by atoms with E-state index in [1.54, 1.807) is 0 Å². The maximum Gasteiger partial charge on any atom is 0.267 e. The SMILES string of the molecule is CC1(O)CC(NS(=O)(=O)c2ccc(OCc3ccc(F)cc3Cl)cc2)(C(=O)NO)CO1. The van der Waals surface area contributed by atoms with Gasteiger partial charge in [0.05, 0.1) is 16.5 Å². The highest BCUT2D eigenvalue weighted by atomic mass is 35.5. The Kier molecular flexibility index (Phi) is 6.56. The van der Waals surface area contributed by atoms with Crippen LogP contribution in [0, 0.1) is 5.82 Å². The average Bonchev–Trinajstić information content (AvgIpc) is 3.02. The van der Waals surface area contributed by atoms with Crippen molar-refractivity contribution in [2.24, 2.45) is 0 Å². The molecular weight excluding hydrogens is 455 g/mol. The molecule has 1 amide bonds. The molecule has 2 atom stereocenters. The van der Waals surface area contributed by atoms with E-state index in [-0.39, 0.29) is 16.5 Å². The van der Waals surface area contributed by atoms with E-state index < -0.39 is 46.1 Å². The first kappa shape index (κ1) is 23.4. The summed E-state index contributed by atoms with van der Waals surface area (Å²) >= 11 is 5.95. The van der Waals surface area contributed by atoms with Crippen LogP contribution >= 0.6 is 11.6 Å². The molecule has 1 aliphatic heterocycles. The van der Waals surface area contributed by atoms with Crippen molar-refractivity contribution in [3.05, 3.63) is 58.9 Å². The number of benzene rings is 2. The van der Waals surface area contributed by atoms with E-state index >= 15 is 0 Å². The molecule has 0 aliphatic carbocycles. The standard InChI is InChI=1S/C19H20ClFN2O7S/c1-18(25)10-19(11-30-18,17(24)22-26)23-31(27,28)15-6-4-14(5-7-15)29-9-12-2-3-13(21)8-16(12)20/h2-8,23,25-26H,9-11H2,1H3,(H,22,24). The highest BCUT2D eigenvalue weighted by molar-refractivity contribution is 7.89. The summed E-state index contributed by atoms with van der Waals surface area (Å²) in [7, 11) is -4.23. The zero-order valence-electron chi connectivity index (χ0n) is 16.3. The second-order valence-corrected chi connectivity index (χ2v) is 9.35. The van der Waals surface area contributed by atoms with Gasteiger partial charge < -0.3 is 14.6 Å². The third kappa shape index (κ3) is 5.32. The number of nitrogens with one attached hydrogen (secondary N) is 2. The summed E-state index contributed by atoms with van der Waals surface area (Å²) < 4.78 is 51.5. The number of hydrogen-bond donors (Lipinski definition) is 4. The van der Waals surface area contributed by atoms with Gasteiger partial charge in [-0.2, -0.15) is 4.72 Å². The van der Waals surface area contributed by atoms with E-state index in [0.29, 0.717) is 11.3 Å². The number of carbonyl (C=O) groups excluding carboxylic acids is 1. The number of rotatable bonds is 7. The van der Waals surface area contributed by atoms with Gasteiger partial charge >= 0.3 is 0 Å². The van der Waals surface area contributed by atoms with Crippen molar-refractivity contribution < 1.29 is 37.4 Å². The molecule has 1 heterocycles. The predicted molar refractivity (Wildman–Crippen MR) is 106 cm³/mol. The Labute approximate surface area is 182 Å². The summed E-state index contributed by atoms with van der Waals surface area (Å²) in [5.74, 6) is -2.97. The number of amides is 1. The molecule has 2 aromatic rings. The Hall–Kier alpha value is -2.28. The van der Waals surface area contributed by atoms with Crippen molar-refractivity contribution >= 4 is 27.5 Å². The molecule has 0 spiro atoms. The lowest BCUT2D eigenvalue weighted by Crippen LogP contribution is -2.59. The van der Waals surface area contributed by atoms with Gasteiger partial charge in [-0.3, -0.25) is 10.0 Å². The van der Waals surface area contributed by atoms with Crippen LogP contribution in [0.4, 0.5) is 4.39 Å². The molecule has 4 N–H and O–H groups in total. The zero-order chi connectivity index (χ0) is 22.9.